The summed E-state index contributed by atoms with van der Waals surface area (Å²) in [5.41, 5.74) is 4.17. The van der Waals surface area contributed by atoms with E-state index in [-0.39, 0.29) is 5.78 Å². The Bertz CT molecular complexity index is 209. The maximum absolute atomic E-state index is 11.1. The van der Waals surface area contributed by atoms with Crippen molar-refractivity contribution in [3.05, 3.63) is 11.8 Å². The van der Waals surface area contributed by atoms with E-state index < -0.39 is 0 Å². The van der Waals surface area contributed by atoms with Crippen molar-refractivity contribution in [3.8, 4) is 0 Å². The monoisotopic (exact) mass is 168 g/mol. The molecule has 1 N–H and O–H groups in total. The third kappa shape index (κ3) is 2.34. The van der Waals surface area contributed by atoms with Crippen molar-refractivity contribution in [2.45, 2.75) is 19.8 Å². The average molecular weight is 168 g/mol. The van der Waals surface area contributed by atoms with Gasteiger partial charge in [0.15, 0.2) is 5.78 Å². The van der Waals surface area contributed by atoms with Crippen LogP contribution in [0.4, 0.5) is 0 Å². The molecule has 0 heterocycles. The lowest BCUT2D eigenvalue weighted by atomic mass is 9.94. The maximum atomic E-state index is 11.1. The molecule has 0 fully saturated rings. The highest BCUT2D eigenvalue weighted by molar-refractivity contribution is 5.91. The first-order chi connectivity index (χ1) is 5.59. The molecule has 0 bridgehead atoms. The van der Waals surface area contributed by atoms with Gasteiger partial charge in [0.05, 0.1) is 0 Å². The van der Waals surface area contributed by atoms with Crippen LogP contribution in [-0.4, -0.2) is 24.9 Å². The highest BCUT2D eigenvalue weighted by Crippen LogP contribution is 2.19. The Balaban J connectivity index is 2.64. The van der Waals surface area contributed by atoms with E-state index >= 15 is 0 Å². The van der Waals surface area contributed by atoms with Gasteiger partial charge in [0.25, 0.3) is 0 Å². The fraction of sp³-hybridized carbons (Fsp3) is 0.667. The van der Waals surface area contributed by atoms with Crippen LogP contribution in [0.5, 0.6) is 0 Å². The molecular weight excluding hydrogens is 152 g/mol. The largest absolute Gasteiger partial charge is 0.323 e. The summed E-state index contributed by atoms with van der Waals surface area (Å²) < 4.78 is 0. The minimum Gasteiger partial charge on any atom is -0.323 e. The number of hydrogen-bond acceptors (Lipinski definition) is 3. The minimum absolute atomic E-state index is 0.234. The molecule has 0 saturated heterocycles. The van der Waals surface area contributed by atoms with Crippen LogP contribution in [0.1, 0.15) is 19.8 Å². The van der Waals surface area contributed by atoms with E-state index in [0.29, 0.717) is 12.3 Å². The van der Waals surface area contributed by atoms with Crippen LogP contribution < -0.4 is 5.43 Å². The van der Waals surface area contributed by atoms with Crippen molar-refractivity contribution in [1.82, 2.24) is 10.4 Å². The van der Waals surface area contributed by atoms with Crippen LogP contribution in [0.25, 0.3) is 0 Å². The van der Waals surface area contributed by atoms with Gasteiger partial charge < -0.3 is 5.43 Å². The molecule has 0 amide bonds. The Morgan fingerprint density at radius 2 is 2.25 bits per heavy atom. The zero-order valence-electron chi connectivity index (χ0n) is 7.92. The van der Waals surface area contributed by atoms with Crippen molar-refractivity contribution in [2.24, 2.45) is 5.92 Å². The summed E-state index contributed by atoms with van der Waals surface area (Å²) in [6.45, 7) is 2.13. The van der Waals surface area contributed by atoms with Crippen molar-refractivity contribution in [3.63, 3.8) is 0 Å². The summed E-state index contributed by atoms with van der Waals surface area (Å²) in [6.07, 6.45) is 3.37. The molecule has 0 aliphatic heterocycles. The van der Waals surface area contributed by atoms with Gasteiger partial charge in [-0.1, -0.05) is 6.92 Å². The van der Waals surface area contributed by atoms with Gasteiger partial charge in [0, 0.05) is 32.3 Å². The Labute approximate surface area is 73.4 Å². The standard InChI is InChI=1S/C9H16N2O/c1-7-4-5-8(12)6-9(7)10-11(2)3/h6-7,10H,4-5H2,1-3H3. The van der Waals surface area contributed by atoms with Crippen molar-refractivity contribution in [2.75, 3.05) is 14.1 Å². The van der Waals surface area contributed by atoms with E-state index in [1.165, 1.54) is 0 Å². The third-order valence-electron chi connectivity index (χ3n) is 2.02. The Hall–Kier alpha value is -0.830. The molecule has 1 aliphatic rings. The molecule has 1 atom stereocenters. The van der Waals surface area contributed by atoms with E-state index in [2.05, 4.69) is 12.3 Å². The topological polar surface area (TPSA) is 32.3 Å². The predicted molar refractivity (Wildman–Crippen MR) is 48.3 cm³/mol. The number of nitrogens with zero attached hydrogens (tertiary/aromatic N) is 1. The lowest BCUT2D eigenvalue weighted by Gasteiger charge is -2.24. The second-order valence-electron chi connectivity index (χ2n) is 3.51. The lowest BCUT2D eigenvalue weighted by Crippen LogP contribution is -2.34. The highest BCUT2D eigenvalue weighted by Gasteiger charge is 2.17. The van der Waals surface area contributed by atoms with Gasteiger partial charge in [-0.25, -0.2) is 5.01 Å². The first-order valence-electron chi connectivity index (χ1n) is 4.28. The zero-order chi connectivity index (χ0) is 9.14. The number of carbonyl (C=O) groups excluding carboxylic acids is 1. The summed E-state index contributed by atoms with van der Waals surface area (Å²) >= 11 is 0. The molecule has 0 spiro atoms. The van der Waals surface area contributed by atoms with Gasteiger partial charge in [-0.3, -0.25) is 4.79 Å². The van der Waals surface area contributed by atoms with E-state index in [4.69, 9.17) is 0 Å². The minimum atomic E-state index is 0.234. The maximum Gasteiger partial charge on any atom is 0.157 e. The van der Waals surface area contributed by atoms with Gasteiger partial charge in [-0.2, -0.15) is 0 Å². The quantitative estimate of drug-likeness (QED) is 0.623. The van der Waals surface area contributed by atoms with Gasteiger partial charge in [0.2, 0.25) is 0 Å². The summed E-state index contributed by atoms with van der Waals surface area (Å²) in [4.78, 5) is 11.1. The van der Waals surface area contributed by atoms with Gasteiger partial charge in [0.1, 0.15) is 0 Å². The Morgan fingerprint density at radius 1 is 1.58 bits per heavy atom. The lowest BCUT2D eigenvalue weighted by molar-refractivity contribution is -0.115. The fourth-order valence-corrected chi connectivity index (χ4v) is 1.30. The second kappa shape index (κ2) is 3.72. The summed E-state index contributed by atoms with van der Waals surface area (Å²) in [5.74, 6) is 0.711. The molecule has 3 heteroatoms. The van der Waals surface area contributed by atoms with Crippen LogP contribution in [0.3, 0.4) is 0 Å². The van der Waals surface area contributed by atoms with Gasteiger partial charge in [-0.05, 0) is 12.3 Å². The first-order valence-corrected chi connectivity index (χ1v) is 4.28. The van der Waals surface area contributed by atoms with Crippen LogP contribution in [0.2, 0.25) is 0 Å². The van der Waals surface area contributed by atoms with E-state index in [9.17, 15) is 4.79 Å². The molecule has 1 rings (SSSR count). The SMILES string of the molecule is CC1CCC(=O)C=C1NN(C)C. The number of hydrazine groups is 1. The second-order valence-corrected chi connectivity index (χ2v) is 3.51. The van der Waals surface area contributed by atoms with Gasteiger partial charge in [-0.15, -0.1) is 0 Å². The third-order valence-corrected chi connectivity index (χ3v) is 2.02. The fourth-order valence-electron chi connectivity index (χ4n) is 1.30. The van der Waals surface area contributed by atoms with Crippen molar-refractivity contribution >= 4 is 5.78 Å². The molecule has 1 aliphatic carbocycles. The molecule has 3 nitrogen and oxygen atoms in total. The van der Waals surface area contributed by atoms with E-state index in [1.54, 1.807) is 6.08 Å². The number of ketones is 1. The van der Waals surface area contributed by atoms with Crippen LogP contribution in [0, 0.1) is 5.92 Å². The average Bonchev–Trinajstić information content (AvgIpc) is 1.96. The molecule has 0 aromatic heterocycles. The number of nitrogens with one attached hydrogen (secondary N) is 1. The van der Waals surface area contributed by atoms with Crippen LogP contribution in [-0.2, 0) is 4.79 Å². The van der Waals surface area contributed by atoms with E-state index in [0.717, 1.165) is 12.1 Å². The highest BCUT2D eigenvalue weighted by atomic mass is 16.1. The number of allylic oxidation sites excluding steroid dienone is 2. The Morgan fingerprint density at radius 3 is 2.83 bits per heavy atom. The molecule has 12 heavy (non-hydrogen) atoms. The number of carbonyl (C=O) groups is 1. The van der Waals surface area contributed by atoms with Crippen molar-refractivity contribution in [1.29, 1.82) is 0 Å². The predicted octanol–water partition coefficient (Wildman–Crippen LogP) is 0.935. The molecule has 0 aromatic carbocycles. The molecule has 68 valence electrons. The van der Waals surface area contributed by atoms with E-state index in [1.807, 2.05) is 19.1 Å². The molecule has 0 saturated carbocycles. The molecule has 1 unspecified atom stereocenters. The Kier molecular flexibility index (Phi) is 2.87. The van der Waals surface area contributed by atoms with Crippen LogP contribution in [0.15, 0.2) is 11.8 Å². The van der Waals surface area contributed by atoms with Crippen molar-refractivity contribution < 1.29 is 4.79 Å². The number of rotatable bonds is 2. The summed E-state index contributed by atoms with van der Waals surface area (Å²) in [6, 6.07) is 0. The molecule has 0 radical (unpaired) electrons. The first kappa shape index (κ1) is 9.26. The zero-order valence-corrected chi connectivity index (χ0v) is 7.92. The normalized spacial score (nSPS) is 24.2. The molecular formula is C9H16N2O. The van der Waals surface area contributed by atoms with Crippen LogP contribution >= 0.6 is 0 Å². The number of hydrogen-bond donors (Lipinski definition) is 1. The van der Waals surface area contributed by atoms with Gasteiger partial charge >= 0.3 is 0 Å². The molecule has 0 aromatic rings. The summed E-state index contributed by atoms with van der Waals surface area (Å²) in [5, 5.41) is 1.86. The smallest absolute Gasteiger partial charge is 0.157 e. The summed E-state index contributed by atoms with van der Waals surface area (Å²) in [7, 11) is 3.85.